The molecule has 0 aliphatic carbocycles. The highest BCUT2D eigenvalue weighted by atomic mass is 16.5. The van der Waals surface area contributed by atoms with Crippen LogP contribution in [-0.2, 0) is 11.3 Å². The van der Waals surface area contributed by atoms with Gasteiger partial charge >= 0.3 is 0 Å². The maximum absolute atomic E-state index is 12.4. The largest absolute Gasteiger partial charge is 0.338 e. The summed E-state index contributed by atoms with van der Waals surface area (Å²) in [6.07, 6.45) is 0. The van der Waals surface area contributed by atoms with Crippen LogP contribution < -0.4 is 5.32 Å². The van der Waals surface area contributed by atoms with Crippen LogP contribution >= 0.6 is 0 Å². The Balaban J connectivity index is 1.27. The number of carbonyl (C=O) groups excluding carboxylic acids is 1. The Bertz CT molecular complexity index is 946. The lowest BCUT2D eigenvalue weighted by atomic mass is 10.2. The second-order valence-corrected chi connectivity index (χ2v) is 7.19. The van der Waals surface area contributed by atoms with E-state index < -0.39 is 0 Å². The molecule has 0 radical (unpaired) electrons. The number of aromatic nitrogens is 3. The maximum Gasteiger partial charge on any atom is 0.243 e. The molecule has 3 heterocycles. The number of benzene rings is 1. The van der Waals surface area contributed by atoms with E-state index in [9.17, 15) is 4.79 Å². The molecular weight excluding hydrogens is 372 g/mol. The van der Waals surface area contributed by atoms with Crippen LogP contribution in [-0.4, -0.2) is 63.2 Å². The molecule has 1 atom stereocenters. The van der Waals surface area contributed by atoms with E-state index in [4.69, 9.17) is 9.05 Å². The molecule has 0 spiro atoms. The zero-order valence-corrected chi connectivity index (χ0v) is 16.5. The fraction of sp³-hybridized carbons (Fsp3) is 0.400. The standard InChI is InChI=1S/C20H24N6O3/c1-14-12-17(28-23-14)22-20(27)15(2)26-10-8-25(9-11-26)13-18-21-19(24-29-18)16-6-4-3-5-7-16/h3-7,12,15H,8-11,13H2,1-2H3,(H,22,27). The molecule has 1 aromatic carbocycles. The van der Waals surface area contributed by atoms with Gasteiger partial charge in [-0.25, -0.2) is 0 Å². The number of amides is 1. The number of aryl methyl sites for hydroxylation is 1. The molecule has 1 amide bonds. The first-order valence-electron chi connectivity index (χ1n) is 9.67. The molecule has 1 aliphatic heterocycles. The van der Waals surface area contributed by atoms with E-state index in [-0.39, 0.29) is 11.9 Å². The third-order valence-corrected chi connectivity index (χ3v) is 5.07. The Kier molecular flexibility index (Phi) is 5.68. The zero-order chi connectivity index (χ0) is 20.2. The molecule has 1 unspecified atom stereocenters. The van der Waals surface area contributed by atoms with Gasteiger partial charge in [0.15, 0.2) is 0 Å². The average Bonchev–Trinajstić information content (AvgIpc) is 3.37. The van der Waals surface area contributed by atoms with Crippen molar-refractivity contribution in [1.82, 2.24) is 25.1 Å². The minimum absolute atomic E-state index is 0.0981. The Morgan fingerprint density at radius 3 is 2.59 bits per heavy atom. The summed E-state index contributed by atoms with van der Waals surface area (Å²) in [5.41, 5.74) is 1.67. The molecule has 1 saturated heterocycles. The van der Waals surface area contributed by atoms with Crippen LogP contribution in [0.1, 0.15) is 18.5 Å². The van der Waals surface area contributed by atoms with Crippen LogP contribution in [0.4, 0.5) is 5.88 Å². The monoisotopic (exact) mass is 396 g/mol. The average molecular weight is 396 g/mol. The Morgan fingerprint density at radius 2 is 1.90 bits per heavy atom. The van der Waals surface area contributed by atoms with E-state index in [1.165, 1.54) is 0 Å². The van der Waals surface area contributed by atoms with Crippen LogP contribution in [0, 0.1) is 6.92 Å². The zero-order valence-electron chi connectivity index (χ0n) is 16.5. The van der Waals surface area contributed by atoms with Crippen molar-refractivity contribution < 1.29 is 13.8 Å². The fourth-order valence-electron chi connectivity index (χ4n) is 3.34. The van der Waals surface area contributed by atoms with Gasteiger partial charge in [0.2, 0.25) is 23.5 Å². The van der Waals surface area contributed by atoms with E-state index in [1.807, 2.05) is 44.2 Å². The van der Waals surface area contributed by atoms with Crippen molar-refractivity contribution in [3.05, 3.63) is 48.0 Å². The highest BCUT2D eigenvalue weighted by Crippen LogP contribution is 2.17. The lowest BCUT2D eigenvalue weighted by Crippen LogP contribution is -2.52. The van der Waals surface area contributed by atoms with Crippen molar-refractivity contribution in [3.63, 3.8) is 0 Å². The van der Waals surface area contributed by atoms with Crippen molar-refractivity contribution in [2.24, 2.45) is 0 Å². The molecular formula is C20H24N6O3. The number of carbonyl (C=O) groups is 1. The Morgan fingerprint density at radius 1 is 1.14 bits per heavy atom. The minimum atomic E-state index is -0.254. The van der Waals surface area contributed by atoms with E-state index in [1.54, 1.807) is 6.07 Å². The highest BCUT2D eigenvalue weighted by Gasteiger charge is 2.27. The van der Waals surface area contributed by atoms with Crippen molar-refractivity contribution in [1.29, 1.82) is 0 Å². The number of rotatable bonds is 6. The third kappa shape index (κ3) is 4.69. The van der Waals surface area contributed by atoms with Crippen molar-refractivity contribution in [2.45, 2.75) is 26.4 Å². The van der Waals surface area contributed by atoms with Gasteiger partial charge in [-0.15, -0.1) is 0 Å². The lowest BCUT2D eigenvalue weighted by molar-refractivity contribution is -0.121. The topological polar surface area (TPSA) is 101 Å². The van der Waals surface area contributed by atoms with Gasteiger partial charge in [0, 0.05) is 37.8 Å². The number of piperazine rings is 1. The second-order valence-electron chi connectivity index (χ2n) is 7.19. The summed E-state index contributed by atoms with van der Waals surface area (Å²) in [5.74, 6) is 1.48. The summed E-state index contributed by atoms with van der Waals surface area (Å²) < 4.78 is 10.5. The van der Waals surface area contributed by atoms with Gasteiger partial charge in [0.05, 0.1) is 18.3 Å². The summed E-state index contributed by atoms with van der Waals surface area (Å²) in [6, 6.07) is 11.2. The Labute approximate surface area is 168 Å². The van der Waals surface area contributed by atoms with Gasteiger partial charge in [-0.05, 0) is 13.8 Å². The SMILES string of the molecule is Cc1cc(NC(=O)C(C)N2CCN(Cc3nc(-c4ccccc4)no3)CC2)on1. The molecule has 1 N–H and O–H groups in total. The number of nitrogens with zero attached hydrogens (tertiary/aromatic N) is 5. The molecule has 1 fully saturated rings. The molecule has 29 heavy (non-hydrogen) atoms. The van der Waals surface area contributed by atoms with Crippen LogP contribution in [0.25, 0.3) is 11.4 Å². The van der Waals surface area contributed by atoms with E-state index in [0.717, 1.165) is 37.4 Å². The predicted octanol–water partition coefficient (Wildman–Crippen LogP) is 2.18. The van der Waals surface area contributed by atoms with Gasteiger partial charge in [0.25, 0.3) is 0 Å². The summed E-state index contributed by atoms with van der Waals surface area (Å²) in [5, 5.41) is 10.6. The Hall–Kier alpha value is -3.04. The predicted molar refractivity (Wildman–Crippen MR) is 106 cm³/mol. The summed E-state index contributed by atoms with van der Waals surface area (Å²) in [6.45, 7) is 7.52. The van der Waals surface area contributed by atoms with Crippen molar-refractivity contribution >= 4 is 11.8 Å². The minimum Gasteiger partial charge on any atom is -0.338 e. The number of hydrogen-bond donors (Lipinski definition) is 1. The van der Waals surface area contributed by atoms with E-state index >= 15 is 0 Å². The molecule has 2 aromatic heterocycles. The number of nitrogens with one attached hydrogen (secondary N) is 1. The van der Waals surface area contributed by atoms with Gasteiger partial charge in [-0.2, -0.15) is 4.98 Å². The van der Waals surface area contributed by atoms with Crippen LogP contribution in [0.3, 0.4) is 0 Å². The smallest absolute Gasteiger partial charge is 0.243 e. The second kappa shape index (κ2) is 8.54. The molecule has 0 bridgehead atoms. The van der Waals surface area contributed by atoms with Gasteiger partial charge < -0.3 is 9.05 Å². The van der Waals surface area contributed by atoms with Gasteiger partial charge in [-0.1, -0.05) is 40.6 Å². The first kappa shape index (κ1) is 19.3. The number of anilines is 1. The third-order valence-electron chi connectivity index (χ3n) is 5.07. The molecule has 3 aromatic rings. The van der Waals surface area contributed by atoms with Gasteiger partial charge in [-0.3, -0.25) is 19.9 Å². The van der Waals surface area contributed by atoms with Crippen LogP contribution in [0.15, 0.2) is 45.4 Å². The molecule has 0 saturated carbocycles. The van der Waals surface area contributed by atoms with Crippen molar-refractivity contribution in [3.8, 4) is 11.4 Å². The van der Waals surface area contributed by atoms with Gasteiger partial charge in [0.1, 0.15) is 0 Å². The van der Waals surface area contributed by atoms with E-state index in [0.29, 0.717) is 24.1 Å². The molecule has 9 nitrogen and oxygen atoms in total. The summed E-state index contributed by atoms with van der Waals surface area (Å²) in [4.78, 5) is 21.3. The first-order valence-corrected chi connectivity index (χ1v) is 9.67. The highest BCUT2D eigenvalue weighted by molar-refractivity contribution is 5.93. The summed E-state index contributed by atoms with van der Waals surface area (Å²) in [7, 11) is 0. The van der Waals surface area contributed by atoms with Crippen LogP contribution in [0.2, 0.25) is 0 Å². The fourth-order valence-corrected chi connectivity index (χ4v) is 3.34. The molecule has 9 heteroatoms. The van der Waals surface area contributed by atoms with Crippen LogP contribution in [0.5, 0.6) is 0 Å². The maximum atomic E-state index is 12.4. The first-order chi connectivity index (χ1) is 14.1. The lowest BCUT2D eigenvalue weighted by Gasteiger charge is -2.36. The normalized spacial score (nSPS) is 16.6. The number of hydrogen-bond acceptors (Lipinski definition) is 8. The quantitative estimate of drug-likeness (QED) is 0.677. The molecule has 152 valence electrons. The van der Waals surface area contributed by atoms with Crippen molar-refractivity contribution in [2.75, 3.05) is 31.5 Å². The molecule has 4 rings (SSSR count). The summed E-state index contributed by atoms with van der Waals surface area (Å²) >= 11 is 0. The van der Waals surface area contributed by atoms with E-state index in [2.05, 4.69) is 30.4 Å². The molecule has 1 aliphatic rings.